The summed E-state index contributed by atoms with van der Waals surface area (Å²) in [4.78, 5) is 0. The molecule has 0 aliphatic heterocycles. The van der Waals surface area contributed by atoms with E-state index in [0.717, 1.165) is 8.95 Å². The van der Waals surface area contributed by atoms with E-state index < -0.39 is 15.8 Å². The molecule has 0 nitrogen and oxygen atoms in total. The van der Waals surface area contributed by atoms with Gasteiger partial charge in [-0.05, 0) is 29.1 Å². The summed E-state index contributed by atoms with van der Waals surface area (Å²) in [5.74, 6) is 0. The molecule has 0 unspecified atom stereocenters. The van der Waals surface area contributed by atoms with Crippen molar-refractivity contribution < 1.29 is 37.5 Å². The zero-order chi connectivity index (χ0) is 26.2. The molecular formula is C34H26Br2FeP2Pd. The first kappa shape index (κ1) is 33.1. The third kappa shape index (κ3) is 8.33. The number of benzene rings is 4. The van der Waals surface area contributed by atoms with E-state index in [1.54, 1.807) is 0 Å². The first-order valence-corrected chi connectivity index (χ1v) is 16.6. The van der Waals surface area contributed by atoms with Gasteiger partial charge in [-0.3, -0.25) is 0 Å². The maximum atomic E-state index is 3.71. The second-order valence-electron chi connectivity index (χ2n) is 8.54. The van der Waals surface area contributed by atoms with Crippen LogP contribution in [0, 0.1) is 0 Å². The van der Waals surface area contributed by atoms with E-state index in [4.69, 9.17) is 0 Å². The van der Waals surface area contributed by atoms with Gasteiger partial charge in [0, 0.05) is 20.4 Å². The molecule has 6 heteroatoms. The topological polar surface area (TPSA) is 0 Å². The summed E-state index contributed by atoms with van der Waals surface area (Å²) in [6.07, 6.45) is 0. The average Bonchev–Trinajstić information content (AvgIpc) is 3.63. The molecule has 0 radical (unpaired) electrons. The average molecular weight is 819 g/mol. The van der Waals surface area contributed by atoms with Crippen molar-refractivity contribution in [2.45, 2.75) is 0 Å². The molecule has 0 aliphatic rings. The van der Waals surface area contributed by atoms with Crippen molar-refractivity contribution >= 4 is 79.5 Å². The minimum absolute atomic E-state index is 0. The molecule has 6 rings (SSSR count). The van der Waals surface area contributed by atoms with Crippen LogP contribution in [0.3, 0.4) is 0 Å². The summed E-state index contributed by atoms with van der Waals surface area (Å²) in [5, 5.41) is 8.32. The summed E-state index contributed by atoms with van der Waals surface area (Å²) in [6.45, 7) is 0. The van der Waals surface area contributed by atoms with Crippen LogP contribution in [0.25, 0.3) is 0 Å². The normalized spacial score (nSPS) is 10.3. The maximum absolute atomic E-state index is 3.71. The molecular weight excluding hydrogens is 792 g/mol. The van der Waals surface area contributed by atoms with Crippen LogP contribution >= 0.6 is 47.7 Å². The molecule has 0 saturated heterocycles. The van der Waals surface area contributed by atoms with Crippen LogP contribution in [-0.4, -0.2) is 0 Å². The molecule has 0 N–H and O–H groups in total. The van der Waals surface area contributed by atoms with Crippen LogP contribution in [0.1, 0.15) is 0 Å². The largest absolute Gasteiger partial charge is 2.00 e. The van der Waals surface area contributed by atoms with Crippen molar-refractivity contribution in [3.8, 4) is 0 Å². The molecule has 0 aromatic heterocycles. The molecule has 0 spiro atoms. The molecule has 204 valence electrons. The smallest absolute Gasteiger partial charge is 0.213 e. The molecule has 0 atom stereocenters. The van der Waals surface area contributed by atoms with Gasteiger partial charge < -0.3 is 0 Å². The third-order valence-corrected chi connectivity index (χ3v) is 13.3. The summed E-state index contributed by atoms with van der Waals surface area (Å²) < 4.78 is 2.28. The van der Waals surface area contributed by atoms with Gasteiger partial charge in [0.05, 0.1) is 0 Å². The van der Waals surface area contributed by atoms with Gasteiger partial charge in [-0.25, -0.2) is 18.2 Å². The molecule has 0 heterocycles. The second kappa shape index (κ2) is 16.9. The van der Waals surface area contributed by atoms with Gasteiger partial charge in [0.1, 0.15) is 0 Å². The second-order valence-corrected chi connectivity index (χ2v) is 14.6. The van der Waals surface area contributed by atoms with E-state index in [9.17, 15) is 0 Å². The van der Waals surface area contributed by atoms with Crippen molar-refractivity contribution in [2.24, 2.45) is 0 Å². The Balaban J connectivity index is 0.000000211. The van der Waals surface area contributed by atoms with Gasteiger partial charge in [-0.2, -0.15) is 23.5 Å². The van der Waals surface area contributed by atoms with Crippen molar-refractivity contribution in [3.63, 3.8) is 0 Å². The van der Waals surface area contributed by atoms with E-state index in [1.807, 2.05) is 0 Å². The van der Waals surface area contributed by atoms with Gasteiger partial charge >= 0.3 is 17.1 Å². The molecule has 0 saturated carbocycles. The fraction of sp³-hybridized carbons (Fsp3) is 0. The Bertz CT molecular complexity index is 1450. The Morgan fingerprint density at radius 2 is 0.925 bits per heavy atom. The predicted octanol–water partition coefficient (Wildman–Crippen LogP) is 7.85. The Morgan fingerprint density at radius 3 is 1.25 bits per heavy atom. The predicted molar refractivity (Wildman–Crippen MR) is 177 cm³/mol. The zero-order valence-corrected chi connectivity index (χ0v) is 29.0. The molecule has 6 aromatic carbocycles. The number of hydrogen-bond donors (Lipinski definition) is 0. The third-order valence-electron chi connectivity index (χ3n) is 6.02. The fourth-order valence-corrected chi connectivity index (χ4v) is 10.2. The minimum atomic E-state index is -0.523. The van der Waals surface area contributed by atoms with Crippen LogP contribution in [0.15, 0.2) is 167 Å². The maximum Gasteiger partial charge on any atom is 2.00 e. The van der Waals surface area contributed by atoms with E-state index in [-0.39, 0.29) is 37.5 Å². The van der Waals surface area contributed by atoms with E-state index in [0.29, 0.717) is 0 Å². The van der Waals surface area contributed by atoms with E-state index >= 15 is 0 Å². The van der Waals surface area contributed by atoms with Gasteiger partial charge in [0.2, 0.25) is 0 Å². The minimum Gasteiger partial charge on any atom is -0.213 e. The fourth-order valence-electron chi connectivity index (χ4n) is 4.29. The zero-order valence-electron chi connectivity index (χ0n) is 21.3. The van der Waals surface area contributed by atoms with Gasteiger partial charge in [-0.15, -0.1) is 21.2 Å². The Labute approximate surface area is 281 Å². The number of rotatable bonds is 6. The summed E-state index contributed by atoms with van der Waals surface area (Å²) >= 11 is 7.31. The van der Waals surface area contributed by atoms with Gasteiger partial charge in [0.25, 0.3) is 0 Å². The Hall–Kier alpha value is -1.42. The Kier molecular flexibility index (Phi) is 14.0. The van der Waals surface area contributed by atoms with Crippen molar-refractivity contribution in [1.29, 1.82) is 0 Å². The van der Waals surface area contributed by atoms with Crippen molar-refractivity contribution in [2.75, 3.05) is 0 Å². The van der Waals surface area contributed by atoms with Crippen molar-refractivity contribution in [3.05, 3.63) is 167 Å². The van der Waals surface area contributed by atoms with Crippen molar-refractivity contribution in [1.82, 2.24) is 0 Å². The molecule has 0 bridgehead atoms. The van der Waals surface area contributed by atoms with Crippen LogP contribution < -0.4 is 31.8 Å². The van der Waals surface area contributed by atoms with Crippen LogP contribution in [0.4, 0.5) is 0 Å². The molecule has 40 heavy (non-hydrogen) atoms. The van der Waals surface area contributed by atoms with Crippen LogP contribution in [-0.2, 0) is 37.5 Å². The molecule has 0 amide bonds. The Morgan fingerprint density at radius 1 is 0.525 bits per heavy atom. The standard InChI is InChI=1S/C17H12Br2P.C17H14P.Fe.Pd/c18-15-11-12-16(17(15)19)20(13-7-3-1-4-8-13)14-9-5-2-6-10-14;1-3-9-15(10-4-1)18(17-13-7-8-14-17)16-11-5-2-6-12-16;;/h1-12H;1-14H;;/q2*-1;+2;. The summed E-state index contributed by atoms with van der Waals surface area (Å²) in [6, 6.07) is 56.0. The van der Waals surface area contributed by atoms with Gasteiger partial charge in [0.15, 0.2) is 0 Å². The van der Waals surface area contributed by atoms with Crippen LogP contribution in [0.5, 0.6) is 0 Å². The van der Waals surface area contributed by atoms with E-state index in [1.165, 1.54) is 31.8 Å². The number of halogens is 2. The quantitative estimate of drug-likeness (QED) is 0.0914. The SMILES string of the molecule is Brc1c(P(c2ccccc2)c2ccccc2)cc[c-]1Br.[Fe+2].[Pd].c1ccc(P(c2ccccc2)c2ccc[cH-]2)cc1. The number of hydrogen-bond acceptors (Lipinski definition) is 0. The molecule has 6 aromatic rings. The first-order chi connectivity index (χ1) is 18.7. The van der Waals surface area contributed by atoms with Gasteiger partial charge in [-0.1, -0.05) is 154 Å². The monoisotopic (exact) mass is 816 g/mol. The molecule has 0 aliphatic carbocycles. The first-order valence-electron chi connectivity index (χ1n) is 12.4. The van der Waals surface area contributed by atoms with E-state index in [2.05, 4.69) is 190 Å². The summed E-state index contributed by atoms with van der Waals surface area (Å²) in [7, 11) is -0.932. The summed E-state index contributed by atoms with van der Waals surface area (Å²) in [5.41, 5.74) is 0. The van der Waals surface area contributed by atoms with Crippen LogP contribution in [0.2, 0.25) is 0 Å². The molecule has 0 fully saturated rings.